The third-order valence-electron chi connectivity index (χ3n) is 4.90. The molecule has 0 radical (unpaired) electrons. The lowest BCUT2D eigenvalue weighted by Gasteiger charge is -2.16. The molecule has 0 bridgehead atoms. The van der Waals surface area contributed by atoms with Crippen molar-refractivity contribution in [3.05, 3.63) is 95.4 Å². The Balaban J connectivity index is 1.81. The standard InChI is InChI=1S/C23H18N2O2S/c1-16-11-12-21-22(16)13-18(17-7-4-3-5-8-17)14-23(21)25-28(26,27)20-10-6-9-19(15-20)24-2/h3-11,13-15,25H,12H2,1H3. The van der Waals surface area contributed by atoms with E-state index in [1.165, 1.54) is 12.1 Å². The smallest absolute Gasteiger partial charge is 0.260 e. The molecule has 0 spiro atoms. The summed E-state index contributed by atoms with van der Waals surface area (Å²) in [7, 11) is -3.80. The molecular formula is C23H18N2O2S. The van der Waals surface area contributed by atoms with Crippen LogP contribution in [0.2, 0.25) is 0 Å². The van der Waals surface area contributed by atoms with Crippen LogP contribution in [0.4, 0.5) is 11.4 Å². The van der Waals surface area contributed by atoms with Gasteiger partial charge in [0.25, 0.3) is 10.0 Å². The zero-order valence-corrected chi connectivity index (χ0v) is 16.1. The van der Waals surface area contributed by atoms with Gasteiger partial charge in [0.2, 0.25) is 0 Å². The SMILES string of the molecule is [C-]#[N+]c1cccc(S(=O)(=O)Nc2cc(-c3ccccc3)cc3c2CC=C3C)c1. The van der Waals surface area contributed by atoms with E-state index >= 15 is 0 Å². The predicted molar refractivity (Wildman–Crippen MR) is 113 cm³/mol. The zero-order chi connectivity index (χ0) is 19.7. The molecule has 0 unspecified atom stereocenters. The molecule has 0 saturated carbocycles. The Bertz CT molecular complexity index is 1240. The van der Waals surface area contributed by atoms with Crippen LogP contribution in [0.25, 0.3) is 21.5 Å². The van der Waals surface area contributed by atoms with Gasteiger partial charge in [0.15, 0.2) is 5.69 Å². The highest BCUT2D eigenvalue weighted by molar-refractivity contribution is 7.92. The molecule has 0 saturated heterocycles. The maximum Gasteiger partial charge on any atom is 0.260 e. The fourth-order valence-corrected chi connectivity index (χ4v) is 4.54. The Morgan fingerprint density at radius 2 is 1.75 bits per heavy atom. The lowest BCUT2D eigenvalue weighted by molar-refractivity contribution is 0.601. The van der Waals surface area contributed by atoms with Crippen molar-refractivity contribution in [2.24, 2.45) is 0 Å². The number of benzene rings is 3. The first-order chi connectivity index (χ1) is 13.5. The third kappa shape index (κ3) is 3.30. The molecule has 1 aliphatic rings. The number of allylic oxidation sites excluding steroid dienone is 2. The second kappa shape index (κ2) is 6.99. The van der Waals surface area contributed by atoms with Gasteiger partial charge in [0, 0.05) is 0 Å². The van der Waals surface area contributed by atoms with E-state index in [2.05, 4.69) is 21.7 Å². The second-order valence-electron chi connectivity index (χ2n) is 6.72. The van der Waals surface area contributed by atoms with Crippen LogP contribution in [0.15, 0.2) is 77.7 Å². The maximum atomic E-state index is 13.0. The molecule has 0 heterocycles. The lowest BCUT2D eigenvalue weighted by atomic mass is 9.97. The average Bonchev–Trinajstić information content (AvgIpc) is 3.10. The van der Waals surface area contributed by atoms with Crippen molar-refractivity contribution in [2.45, 2.75) is 18.2 Å². The van der Waals surface area contributed by atoms with E-state index in [-0.39, 0.29) is 4.90 Å². The van der Waals surface area contributed by atoms with Crippen molar-refractivity contribution in [3.63, 3.8) is 0 Å². The van der Waals surface area contributed by atoms with E-state index in [0.717, 1.165) is 27.8 Å². The van der Waals surface area contributed by atoms with Gasteiger partial charge in [-0.25, -0.2) is 13.3 Å². The number of hydrogen-bond donors (Lipinski definition) is 1. The number of anilines is 1. The molecule has 4 rings (SSSR count). The summed E-state index contributed by atoms with van der Waals surface area (Å²) < 4.78 is 28.7. The van der Waals surface area contributed by atoms with Crippen LogP contribution in [0.1, 0.15) is 18.1 Å². The Morgan fingerprint density at radius 1 is 0.964 bits per heavy atom. The number of nitrogens with zero attached hydrogens (tertiary/aromatic N) is 1. The zero-order valence-electron chi connectivity index (χ0n) is 15.3. The minimum atomic E-state index is -3.80. The van der Waals surface area contributed by atoms with Gasteiger partial charge < -0.3 is 0 Å². The van der Waals surface area contributed by atoms with E-state index < -0.39 is 10.0 Å². The van der Waals surface area contributed by atoms with Crippen LogP contribution < -0.4 is 4.72 Å². The fraction of sp³-hybridized carbons (Fsp3) is 0.0870. The van der Waals surface area contributed by atoms with Crippen molar-refractivity contribution in [2.75, 3.05) is 4.72 Å². The summed E-state index contributed by atoms with van der Waals surface area (Å²) in [5, 5.41) is 0. The van der Waals surface area contributed by atoms with E-state index in [1.54, 1.807) is 12.1 Å². The van der Waals surface area contributed by atoms with Crippen molar-refractivity contribution >= 4 is 27.0 Å². The maximum absolute atomic E-state index is 13.0. The van der Waals surface area contributed by atoms with Crippen LogP contribution in [-0.2, 0) is 16.4 Å². The molecule has 28 heavy (non-hydrogen) atoms. The normalized spacial score (nSPS) is 12.8. The highest BCUT2D eigenvalue weighted by Crippen LogP contribution is 2.38. The summed E-state index contributed by atoms with van der Waals surface area (Å²) in [4.78, 5) is 3.41. The summed E-state index contributed by atoms with van der Waals surface area (Å²) in [6.45, 7) is 9.15. The molecule has 3 aromatic carbocycles. The third-order valence-corrected chi connectivity index (χ3v) is 6.26. The molecule has 0 aromatic heterocycles. The summed E-state index contributed by atoms with van der Waals surface area (Å²) in [6, 6.07) is 20.0. The number of sulfonamides is 1. The lowest BCUT2D eigenvalue weighted by Crippen LogP contribution is -2.14. The van der Waals surface area contributed by atoms with Crippen molar-refractivity contribution < 1.29 is 8.42 Å². The number of nitrogens with one attached hydrogen (secondary N) is 1. The van der Waals surface area contributed by atoms with Gasteiger partial charge in [0.05, 0.1) is 17.2 Å². The van der Waals surface area contributed by atoms with E-state index in [0.29, 0.717) is 17.8 Å². The Kier molecular flexibility index (Phi) is 4.50. The highest BCUT2D eigenvalue weighted by Gasteiger charge is 2.21. The highest BCUT2D eigenvalue weighted by atomic mass is 32.2. The minimum absolute atomic E-state index is 0.0857. The topological polar surface area (TPSA) is 50.5 Å². The quantitative estimate of drug-likeness (QED) is 0.588. The number of fused-ring (bicyclic) bond motifs is 1. The first-order valence-electron chi connectivity index (χ1n) is 8.88. The molecule has 4 nitrogen and oxygen atoms in total. The van der Waals surface area contributed by atoms with Crippen LogP contribution in [0.3, 0.4) is 0 Å². The van der Waals surface area contributed by atoms with Crippen molar-refractivity contribution in [3.8, 4) is 11.1 Å². The fourth-order valence-electron chi connectivity index (χ4n) is 3.42. The van der Waals surface area contributed by atoms with Gasteiger partial charge in [-0.05, 0) is 65.4 Å². The van der Waals surface area contributed by atoms with E-state index in [4.69, 9.17) is 6.57 Å². The van der Waals surface area contributed by atoms with E-state index in [1.807, 2.05) is 43.3 Å². The Labute approximate surface area is 165 Å². The van der Waals surface area contributed by atoms with Crippen LogP contribution >= 0.6 is 0 Å². The van der Waals surface area contributed by atoms with Crippen LogP contribution in [0, 0.1) is 6.57 Å². The molecule has 1 aliphatic carbocycles. The van der Waals surface area contributed by atoms with Crippen LogP contribution in [-0.4, -0.2) is 8.42 Å². The summed E-state index contributed by atoms with van der Waals surface area (Å²) in [5.41, 5.74) is 6.04. The van der Waals surface area contributed by atoms with Gasteiger partial charge in [0.1, 0.15) is 0 Å². The summed E-state index contributed by atoms with van der Waals surface area (Å²) >= 11 is 0. The monoisotopic (exact) mass is 386 g/mol. The van der Waals surface area contributed by atoms with Crippen molar-refractivity contribution in [1.29, 1.82) is 0 Å². The second-order valence-corrected chi connectivity index (χ2v) is 8.40. The Hall–Kier alpha value is -3.36. The molecule has 3 aromatic rings. The average molecular weight is 386 g/mol. The first kappa shape index (κ1) is 18.0. The molecule has 0 amide bonds. The molecule has 0 fully saturated rings. The van der Waals surface area contributed by atoms with Crippen LogP contribution in [0.5, 0.6) is 0 Å². The molecule has 1 N–H and O–H groups in total. The largest absolute Gasteiger partial charge is 0.279 e. The number of rotatable bonds is 4. The van der Waals surface area contributed by atoms with Gasteiger partial charge >= 0.3 is 0 Å². The summed E-state index contributed by atoms with van der Waals surface area (Å²) in [6.07, 6.45) is 2.80. The molecule has 5 heteroatoms. The predicted octanol–water partition coefficient (Wildman–Crippen LogP) is 5.66. The molecule has 0 aliphatic heterocycles. The molecule has 0 atom stereocenters. The minimum Gasteiger partial charge on any atom is -0.279 e. The van der Waals surface area contributed by atoms with Gasteiger partial charge in [-0.3, -0.25) is 4.72 Å². The molecular weight excluding hydrogens is 368 g/mol. The van der Waals surface area contributed by atoms with Gasteiger partial charge in [-0.15, -0.1) is 0 Å². The summed E-state index contributed by atoms with van der Waals surface area (Å²) in [5.74, 6) is 0. The number of hydrogen-bond acceptors (Lipinski definition) is 2. The van der Waals surface area contributed by atoms with Crippen molar-refractivity contribution in [1.82, 2.24) is 0 Å². The first-order valence-corrected chi connectivity index (χ1v) is 10.4. The van der Waals surface area contributed by atoms with E-state index in [9.17, 15) is 8.42 Å². The van der Waals surface area contributed by atoms with Gasteiger partial charge in [-0.2, -0.15) is 0 Å². The van der Waals surface area contributed by atoms with Gasteiger partial charge in [-0.1, -0.05) is 48.5 Å². The Morgan fingerprint density at radius 3 is 2.50 bits per heavy atom. The molecule has 138 valence electrons.